The summed E-state index contributed by atoms with van der Waals surface area (Å²) >= 11 is 0. The van der Waals surface area contributed by atoms with Gasteiger partial charge in [0.25, 0.3) is 0 Å². The Labute approximate surface area is 97.2 Å². The van der Waals surface area contributed by atoms with Crippen molar-refractivity contribution in [2.45, 2.75) is 12.2 Å². The van der Waals surface area contributed by atoms with Gasteiger partial charge in [0.1, 0.15) is 12.3 Å². The molecule has 0 radical (unpaired) electrons. The lowest BCUT2D eigenvalue weighted by Gasteiger charge is -2.15. The molecule has 8 nitrogen and oxygen atoms in total. The number of hydrogen-bond acceptors (Lipinski definition) is 6. The lowest BCUT2D eigenvalue weighted by atomic mass is 10.2. The number of nitro groups is 1. The van der Waals surface area contributed by atoms with Gasteiger partial charge in [-0.25, -0.2) is 0 Å². The van der Waals surface area contributed by atoms with E-state index in [0.717, 1.165) is 0 Å². The van der Waals surface area contributed by atoms with Crippen LogP contribution >= 0.6 is 0 Å². The van der Waals surface area contributed by atoms with Gasteiger partial charge in [-0.05, 0) is 0 Å². The van der Waals surface area contributed by atoms with Crippen molar-refractivity contribution >= 4 is 5.69 Å². The molecule has 1 aliphatic heterocycles. The third kappa shape index (κ3) is 2.37. The molecule has 0 amide bonds. The third-order valence-corrected chi connectivity index (χ3v) is 2.52. The van der Waals surface area contributed by atoms with Crippen molar-refractivity contribution in [3.63, 3.8) is 0 Å². The molecule has 1 aromatic rings. The lowest BCUT2D eigenvalue weighted by Crippen LogP contribution is -2.31. The van der Waals surface area contributed by atoms with E-state index in [9.17, 15) is 10.1 Å². The summed E-state index contributed by atoms with van der Waals surface area (Å²) < 4.78 is 17.1. The van der Waals surface area contributed by atoms with Crippen LogP contribution in [0.5, 0.6) is 5.88 Å². The zero-order valence-corrected chi connectivity index (χ0v) is 9.53. The van der Waals surface area contributed by atoms with Crippen LogP contribution in [0.3, 0.4) is 0 Å². The van der Waals surface area contributed by atoms with Gasteiger partial charge in [0.15, 0.2) is 6.10 Å². The smallest absolute Gasteiger partial charge is 0.350 e. The molecule has 0 unspecified atom stereocenters. The fourth-order valence-corrected chi connectivity index (χ4v) is 1.65. The van der Waals surface area contributed by atoms with Gasteiger partial charge in [-0.15, -0.1) is 5.10 Å². The lowest BCUT2D eigenvalue weighted by molar-refractivity contribution is -0.386. The van der Waals surface area contributed by atoms with Gasteiger partial charge in [0.2, 0.25) is 0 Å². The number of hydrogen-bond donors (Lipinski definition) is 0. The minimum atomic E-state index is -0.528. The largest absolute Gasteiger partial charge is 0.463 e. The number of rotatable bonds is 4. The Kier molecular flexibility index (Phi) is 3.25. The van der Waals surface area contributed by atoms with Crippen molar-refractivity contribution in [2.75, 3.05) is 20.3 Å². The molecular weight excluding hydrogens is 230 g/mol. The highest BCUT2D eigenvalue weighted by Gasteiger charge is 2.33. The minimum absolute atomic E-state index is 0.00458. The molecule has 8 heteroatoms. The second kappa shape index (κ2) is 4.68. The van der Waals surface area contributed by atoms with E-state index in [1.807, 2.05) is 0 Å². The summed E-state index contributed by atoms with van der Waals surface area (Å²) in [6.45, 7) is 0.758. The predicted octanol–water partition coefficient (Wildman–Crippen LogP) is 0.121. The quantitative estimate of drug-likeness (QED) is 0.551. The molecule has 2 atom stereocenters. The summed E-state index contributed by atoms with van der Waals surface area (Å²) in [5.41, 5.74) is -0.158. The molecule has 0 aliphatic carbocycles. The van der Waals surface area contributed by atoms with Crippen molar-refractivity contribution < 1.29 is 19.1 Å². The molecule has 0 aromatic carbocycles. The number of aromatic nitrogens is 2. The molecule has 1 aliphatic rings. The molecule has 0 N–H and O–H groups in total. The molecule has 1 fully saturated rings. The first-order chi connectivity index (χ1) is 8.11. The third-order valence-electron chi connectivity index (χ3n) is 2.52. The highest BCUT2D eigenvalue weighted by atomic mass is 16.6. The normalized spacial score (nSPS) is 23.9. The monoisotopic (exact) mass is 243 g/mol. The fourth-order valence-electron chi connectivity index (χ4n) is 1.65. The van der Waals surface area contributed by atoms with Crippen molar-refractivity contribution in [2.24, 2.45) is 7.05 Å². The Morgan fingerprint density at radius 3 is 2.94 bits per heavy atom. The second-order valence-corrected chi connectivity index (χ2v) is 3.72. The van der Waals surface area contributed by atoms with Crippen LogP contribution < -0.4 is 4.74 Å². The van der Waals surface area contributed by atoms with Crippen molar-refractivity contribution in [1.82, 2.24) is 9.78 Å². The van der Waals surface area contributed by atoms with E-state index in [4.69, 9.17) is 14.2 Å². The highest BCUT2D eigenvalue weighted by Crippen LogP contribution is 2.27. The second-order valence-electron chi connectivity index (χ2n) is 3.72. The maximum Gasteiger partial charge on any atom is 0.350 e. The topological polar surface area (TPSA) is 88.7 Å². The van der Waals surface area contributed by atoms with E-state index >= 15 is 0 Å². The van der Waals surface area contributed by atoms with Gasteiger partial charge < -0.3 is 14.2 Å². The summed E-state index contributed by atoms with van der Waals surface area (Å²) in [6, 6.07) is 0. The number of aryl methyl sites for hydroxylation is 1. The predicted molar refractivity (Wildman–Crippen MR) is 55.9 cm³/mol. The van der Waals surface area contributed by atoms with E-state index in [-0.39, 0.29) is 23.8 Å². The summed E-state index contributed by atoms with van der Waals surface area (Å²) in [4.78, 5) is 10.2. The van der Waals surface area contributed by atoms with Crippen LogP contribution in [0.4, 0.5) is 5.69 Å². The molecule has 2 heterocycles. The zero-order chi connectivity index (χ0) is 12.4. The van der Waals surface area contributed by atoms with Gasteiger partial charge in [-0.2, -0.15) is 0 Å². The number of ether oxygens (including phenoxy) is 3. The SMILES string of the molecule is CO[C@@H]1COC[C@H]1Oc1nn(C)cc1[N+](=O)[O-]. The van der Waals surface area contributed by atoms with Crippen molar-refractivity contribution in [1.29, 1.82) is 0 Å². The Bertz CT molecular complexity index is 419. The average Bonchev–Trinajstić information content (AvgIpc) is 2.85. The highest BCUT2D eigenvalue weighted by molar-refractivity contribution is 5.38. The van der Waals surface area contributed by atoms with Crippen LogP contribution in [0.1, 0.15) is 0 Å². The molecule has 0 spiro atoms. The molecule has 0 saturated carbocycles. The van der Waals surface area contributed by atoms with E-state index in [1.54, 1.807) is 14.2 Å². The van der Waals surface area contributed by atoms with Crippen LogP contribution in [-0.2, 0) is 16.5 Å². The Morgan fingerprint density at radius 1 is 1.59 bits per heavy atom. The maximum absolute atomic E-state index is 10.8. The average molecular weight is 243 g/mol. The van der Waals surface area contributed by atoms with Crippen LogP contribution in [0.2, 0.25) is 0 Å². The Balaban J connectivity index is 2.15. The van der Waals surface area contributed by atoms with Gasteiger partial charge in [0, 0.05) is 14.2 Å². The summed E-state index contributed by atoms with van der Waals surface area (Å²) in [5, 5.41) is 14.7. The first-order valence-corrected chi connectivity index (χ1v) is 5.07. The Morgan fingerprint density at radius 2 is 2.29 bits per heavy atom. The first kappa shape index (κ1) is 11.8. The Hall–Kier alpha value is -1.67. The summed E-state index contributed by atoms with van der Waals surface area (Å²) in [7, 11) is 3.14. The van der Waals surface area contributed by atoms with Crippen LogP contribution in [0, 0.1) is 10.1 Å². The number of nitrogens with zero attached hydrogens (tertiary/aromatic N) is 3. The van der Waals surface area contributed by atoms with Crippen molar-refractivity contribution in [3.05, 3.63) is 16.3 Å². The molecular formula is C9H13N3O5. The van der Waals surface area contributed by atoms with Gasteiger partial charge in [0.05, 0.1) is 18.1 Å². The molecule has 2 rings (SSSR count). The zero-order valence-electron chi connectivity index (χ0n) is 9.53. The summed E-state index contributed by atoms with van der Waals surface area (Å²) in [6.07, 6.45) is 0.706. The van der Waals surface area contributed by atoms with Gasteiger partial charge >= 0.3 is 11.6 Å². The minimum Gasteiger partial charge on any atom is -0.463 e. The van der Waals surface area contributed by atoms with Gasteiger partial charge in [-0.3, -0.25) is 14.8 Å². The number of methoxy groups -OCH3 is 1. The van der Waals surface area contributed by atoms with E-state index < -0.39 is 4.92 Å². The van der Waals surface area contributed by atoms with Crippen LogP contribution in [0.15, 0.2) is 6.20 Å². The maximum atomic E-state index is 10.8. The van der Waals surface area contributed by atoms with Crippen LogP contribution in [-0.4, -0.2) is 47.2 Å². The molecule has 17 heavy (non-hydrogen) atoms. The van der Waals surface area contributed by atoms with E-state index in [0.29, 0.717) is 13.2 Å². The van der Waals surface area contributed by atoms with Crippen LogP contribution in [0.25, 0.3) is 0 Å². The van der Waals surface area contributed by atoms with E-state index in [2.05, 4.69) is 5.10 Å². The summed E-state index contributed by atoms with van der Waals surface area (Å²) in [5.74, 6) is -0.00458. The molecule has 94 valence electrons. The van der Waals surface area contributed by atoms with Crippen molar-refractivity contribution in [3.8, 4) is 5.88 Å². The fraction of sp³-hybridized carbons (Fsp3) is 0.667. The molecule has 1 saturated heterocycles. The van der Waals surface area contributed by atoms with E-state index in [1.165, 1.54) is 10.9 Å². The molecule has 1 aromatic heterocycles. The van der Waals surface area contributed by atoms with Gasteiger partial charge in [-0.1, -0.05) is 0 Å². The standard InChI is InChI=1S/C9H13N3O5/c1-11-3-6(12(13)14)9(10-11)17-8-5-16-4-7(8)15-2/h3,7-8H,4-5H2,1-2H3/t7-,8-/m1/s1. The first-order valence-electron chi connectivity index (χ1n) is 5.07. The molecule has 0 bridgehead atoms.